The Balaban J connectivity index is 1.57. The lowest BCUT2D eigenvalue weighted by atomic mass is 9.98. The van der Waals surface area contributed by atoms with Gasteiger partial charge in [0.05, 0.1) is 11.8 Å². The number of halogens is 1. The highest BCUT2D eigenvalue weighted by atomic mass is 35.5. The second-order valence-corrected chi connectivity index (χ2v) is 7.17. The summed E-state index contributed by atoms with van der Waals surface area (Å²) in [6.45, 7) is 1.76. The highest BCUT2D eigenvalue weighted by Crippen LogP contribution is 2.39. The van der Waals surface area contributed by atoms with E-state index in [9.17, 15) is 10.1 Å². The molecule has 1 amide bonds. The van der Waals surface area contributed by atoms with Crippen LogP contribution in [-0.2, 0) is 4.79 Å². The molecule has 1 N–H and O–H groups in total. The SMILES string of the molecule is C[C@](C#N)(NC(=O)CSc1nnc(-c2cccc(Cl)c2)o1)C1CC1. The molecule has 1 aromatic carbocycles. The lowest BCUT2D eigenvalue weighted by Crippen LogP contribution is -2.47. The predicted molar refractivity (Wildman–Crippen MR) is 90.4 cm³/mol. The number of amides is 1. The Morgan fingerprint density at radius 2 is 2.33 bits per heavy atom. The molecular weight excluding hydrogens is 348 g/mol. The number of rotatable bonds is 6. The fraction of sp³-hybridized carbons (Fsp3) is 0.375. The number of thioether (sulfide) groups is 1. The van der Waals surface area contributed by atoms with Crippen molar-refractivity contribution in [1.82, 2.24) is 15.5 Å². The summed E-state index contributed by atoms with van der Waals surface area (Å²) in [4.78, 5) is 12.1. The van der Waals surface area contributed by atoms with Gasteiger partial charge in [0.1, 0.15) is 5.54 Å². The van der Waals surface area contributed by atoms with Crippen molar-refractivity contribution in [2.75, 3.05) is 5.75 Å². The van der Waals surface area contributed by atoms with Crippen molar-refractivity contribution in [1.29, 1.82) is 5.26 Å². The zero-order valence-electron chi connectivity index (χ0n) is 13.0. The number of hydrogen-bond donors (Lipinski definition) is 1. The summed E-state index contributed by atoms with van der Waals surface area (Å²) < 4.78 is 5.53. The molecule has 1 aliphatic carbocycles. The average molecular weight is 363 g/mol. The van der Waals surface area contributed by atoms with E-state index in [1.54, 1.807) is 25.1 Å². The van der Waals surface area contributed by atoms with Gasteiger partial charge in [-0.05, 0) is 43.9 Å². The number of nitriles is 1. The van der Waals surface area contributed by atoms with Gasteiger partial charge < -0.3 is 9.73 Å². The van der Waals surface area contributed by atoms with E-state index in [0.717, 1.165) is 30.2 Å². The fourth-order valence-electron chi connectivity index (χ4n) is 2.34. The van der Waals surface area contributed by atoms with Crippen LogP contribution in [0.15, 0.2) is 33.9 Å². The largest absolute Gasteiger partial charge is 0.411 e. The lowest BCUT2D eigenvalue weighted by Gasteiger charge is -2.22. The van der Waals surface area contributed by atoms with Crippen molar-refractivity contribution >= 4 is 29.3 Å². The van der Waals surface area contributed by atoms with E-state index >= 15 is 0 Å². The Labute approximate surface area is 148 Å². The second kappa shape index (κ2) is 6.83. The van der Waals surface area contributed by atoms with Crippen molar-refractivity contribution in [3.63, 3.8) is 0 Å². The van der Waals surface area contributed by atoms with E-state index in [2.05, 4.69) is 21.6 Å². The van der Waals surface area contributed by atoms with Gasteiger partial charge in [-0.15, -0.1) is 10.2 Å². The minimum Gasteiger partial charge on any atom is -0.411 e. The fourth-order valence-corrected chi connectivity index (χ4v) is 3.09. The number of nitrogens with zero attached hydrogens (tertiary/aromatic N) is 3. The van der Waals surface area contributed by atoms with Crippen LogP contribution in [0.4, 0.5) is 0 Å². The first kappa shape index (κ1) is 16.8. The van der Waals surface area contributed by atoms with Crippen LogP contribution in [0.5, 0.6) is 0 Å². The Kier molecular flexibility index (Phi) is 4.78. The maximum absolute atomic E-state index is 12.1. The highest BCUT2D eigenvalue weighted by molar-refractivity contribution is 7.99. The normalized spacial score (nSPS) is 16.2. The van der Waals surface area contributed by atoms with Crippen molar-refractivity contribution in [3.8, 4) is 17.5 Å². The van der Waals surface area contributed by atoms with Crippen LogP contribution in [0.2, 0.25) is 5.02 Å². The number of nitrogens with one attached hydrogen (secondary N) is 1. The Morgan fingerprint density at radius 1 is 1.54 bits per heavy atom. The zero-order chi connectivity index (χ0) is 17.2. The molecule has 24 heavy (non-hydrogen) atoms. The molecule has 6 nitrogen and oxygen atoms in total. The summed E-state index contributed by atoms with van der Waals surface area (Å²) in [5.41, 5.74) is -0.0737. The van der Waals surface area contributed by atoms with Crippen LogP contribution in [0.25, 0.3) is 11.5 Å². The van der Waals surface area contributed by atoms with Crippen LogP contribution in [-0.4, -0.2) is 27.4 Å². The Hall–Kier alpha value is -2.04. The van der Waals surface area contributed by atoms with Crippen molar-refractivity contribution < 1.29 is 9.21 Å². The molecule has 124 valence electrons. The van der Waals surface area contributed by atoms with Gasteiger partial charge in [0.2, 0.25) is 11.8 Å². The summed E-state index contributed by atoms with van der Waals surface area (Å²) in [7, 11) is 0. The van der Waals surface area contributed by atoms with Gasteiger partial charge in [0.25, 0.3) is 5.22 Å². The smallest absolute Gasteiger partial charge is 0.277 e. The van der Waals surface area contributed by atoms with E-state index < -0.39 is 5.54 Å². The van der Waals surface area contributed by atoms with Crippen LogP contribution in [0.1, 0.15) is 19.8 Å². The van der Waals surface area contributed by atoms with Gasteiger partial charge in [0, 0.05) is 10.6 Å². The van der Waals surface area contributed by atoms with Crippen LogP contribution in [0.3, 0.4) is 0 Å². The molecule has 0 aliphatic heterocycles. The molecule has 1 atom stereocenters. The average Bonchev–Trinajstić information content (AvgIpc) is 3.32. The molecule has 1 fully saturated rings. The molecule has 0 bridgehead atoms. The molecule has 0 radical (unpaired) electrons. The van der Waals surface area contributed by atoms with E-state index in [1.165, 1.54) is 0 Å². The zero-order valence-corrected chi connectivity index (χ0v) is 14.5. The highest BCUT2D eigenvalue weighted by Gasteiger charge is 2.42. The molecule has 1 aliphatic rings. The van der Waals surface area contributed by atoms with Gasteiger partial charge in [-0.25, -0.2) is 0 Å². The third kappa shape index (κ3) is 3.89. The number of carbonyl (C=O) groups is 1. The van der Waals surface area contributed by atoms with E-state index in [-0.39, 0.29) is 17.6 Å². The third-order valence-corrected chi connectivity index (χ3v) is 4.88. The molecule has 2 aromatic rings. The van der Waals surface area contributed by atoms with E-state index in [4.69, 9.17) is 16.0 Å². The van der Waals surface area contributed by atoms with Crippen LogP contribution in [0, 0.1) is 17.2 Å². The number of benzene rings is 1. The van der Waals surface area contributed by atoms with Crippen LogP contribution < -0.4 is 5.32 Å². The van der Waals surface area contributed by atoms with Gasteiger partial charge >= 0.3 is 0 Å². The molecule has 0 spiro atoms. The van der Waals surface area contributed by atoms with E-state index in [0.29, 0.717) is 16.1 Å². The van der Waals surface area contributed by atoms with Crippen LogP contribution >= 0.6 is 23.4 Å². The standard InChI is InChI=1S/C16H15ClN4O2S/c1-16(9-18,11-5-6-11)19-13(22)8-24-15-21-20-14(23-15)10-3-2-4-12(17)7-10/h2-4,7,11H,5-6,8H2,1H3,(H,19,22)/t16-/m1/s1. The quantitative estimate of drug-likeness (QED) is 0.793. The van der Waals surface area contributed by atoms with Gasteiger partial charge in [-0.2, -0.15) is 5.26 Å². The minimum absolute atomic E-state index is 0.112. The number of carbonyl (C=O) groups excluding carboxylic acids is 1. The van der Waals surface area contributed by atoms with Crippen molar-refractivity contribution in [3.05, 3.63) is 29.3 Å². The molecule has 0 unspecified atom stereocenters. The minimum atomic E-state index is -0.793. The predicted octanol–water partition coefficient (Wildman–Crippen LogP) is 3.29. The molecule has 1 aromatic heterocycles. The first-order valence-corrected chi connectivity index (χ1v) is 8.81. The third-order valence-electron chi connectivity index (χ3n) is 3.83. The molecule has 1 saturated carbocycles. The summed E-state index contributed by atoms with van der Waals surface area (Å²) in [6.07, 6.45) is 1.95. The summed E-state index contributed by atoms with van der Waals surface area (Å²) in [5.74, 6) is 0.481. The topological polar surface area (TPSA) is 91.8 Å². The molecule has 1 heterocycles. The summed E-state index contributed by atoms with van der Waals surface area (Å²) in [5, 5.41) is 20.8. The summed E-state index contributed by atoms with van der Waals surface area (Å²) in [6, 6.07) is 9.29. The first-order chi connectivity index (χ1) is 11.5. The van der Waals surface area contributed by atoms with Crippen molar-refractivity contribution in [2.45, 2.75) is 30.5 Å². The van der Waals surface area contributed by atoms with Crippen molar-refractivity contribution in [2.24, 2.45) is 5.92 Å². The Morgan fingerprint density at radius 3 is 3.00 bits per heavy atom. The Bertz CT molecular complexity index is 799. The lowest BCUT2D eigenvalue weighted by molar-refractivity contribution is -0.119. The van der Waals surface area contributed by atoms with Gasteiger partial charge in [0.15, 0.2) is 0 Å². The molecule has 3 rings (SSSR count). The molecule has 0 saturated heterocycles. The first-order valence-electron chi connectivity index (χ1n) is 7.45. The second-order valence-electron chi connectivity index (χ2n) is 5.81. The van der Waals surface area contributed by atoms with Gasteiger partial charge in [-0.3, -0.25) is 4.79 Å². The maximum Gasteiger partial charge on any atom is 0.277 e. The van der Waals surface area contributed by atoms with E-state index in [1.807, 2.05) is 6.07 Å². The van der Waals surface area contributed by atoms with Gasteiger partial charge in [-0.1, -0.05) is 29.4 Å². The number of hydrogen-bond acceptors (Lipinski definition) is 6. The molecule has 8 heteroatoms. The monoisotopic (exact) mass is 362 g/mol. The molecular formula is C16H15ClN4O2S. The summed E-state index contributed by atoms with van der Waals surface area (Å²) >= 11 is 7.07. The number of aromatic nitrogens is 2. The maximum atomic E-state index is 12.1.